The Morgan fingerprint density at radius 1 is 1.12 bits per heavy atom. The normalized spacial score (nSPS) is 20.7. The molecule has 1 atom stereocenters. The zero-order valence-corrected chi connectivity index (χ0v) is 18.8. The second kappa shape index (κ2) is 7.99. The number of benzene rings is 1. The molecule has 5 rings (SSSR count). The van der Waals surface area contributed by atoms with Gasteiger partial charge in [0, 0.05) is 30.2 Å². The van der Waals surface area contributed by atoms with Crippen LogP contribution in [-0.2, 0) is 9.84 Å². The third-order valence-corrected chi connectivity index (χ3v) is 8.46. The summed E-state index contributed by atoms with van der Waals surface area (Å²) in [4.78, 5) is 12.6. The maximum absolute atomic E-state index is 13.5. The van der Waals surface area contributed by atoms with Gasteiger partial charge in [0.25, 0.3) is 0 Å². The van der Waals surface area contributed by atoms with Crippen LogP contribution in [0.4, 0.5) is 0 Å². The summed E-state index contributed by atoms with van der Waals surface area (Å²) >= 11 is 0. The summed E-state index contributed by atoms with van der Waals surface area (Å²) in [7, 11) is -3.83. The third-order valence-electron chi connectivity index (χ3n) is 6.78. The van der Waals surface area contributed by atoms with E-state index in [4.69, 9.17) is 16.5 Å². The standard InChI is InChI=1S/C23H28N6O2S/c1-14-27-20-21(29(14)16-9-7-15(8-10-16)19(25)13-24)18-11-12-26-22(18)28-23(20)32(30,31)17-5-3-2-4-6-17/h2-6,11-12,15-16,19H,7-10,13,24-25H2,1H3,(H,26,28). The number of hydrogen-bond acceptors (Lipinski definition) is 6. The van der Waals surface area contributed by atoms with Crippen molar-refractivity contribution < 1.29 is 8.42 Å². The fraction of sp³-hybridized carbons (Fsp3) is 0.391. The average Bonchev–Trinajstić information content (AvgIpc) is 3.42. The molecule has 8 nitrogen and oxygen atoms in total. The Morgan fingerprint density at radius 2 is 1.84 bits per heavy atom. The minimum absolute atomic E-state index is 0.00524. The van der Waals surface area contributed by atoms with Crippen molar-refractivity contribution in [1.29, 1.82) is 0 Å². The first-order valence-electron chi connectivity index (χ1n) is 11.0. The molecule has 0 radical (unpaired) electrons. The van der Waals surface area contributed by atoms with E-state index in [1.807, 2.05) is 13.0 Å². The Balaban J connectivity index is 1.67. The van der Waals surface area contributed by atoms with Crippen LogP contribution in [0.5, 0.6) is 0 Å². The number of nitrogens with one attached hydrogen (secondary N) is 1. The SMILES string of the molecule is Cc1nc2c(S(=O)(=O)c3ccccc3)nc3[nH]ccc3c2n1C1CCC(C(N)CN)CC1. The van der Waals surface area contributed by atoms with Crippen molar-refractivity contribution >= 4 is 31.9 Å². The van der Waals surface area contributed by atoms with Gasteiger partial charge >= 0.3 is 0 Å². The van der Waals surface area contributed by atoms with Gasteiger partial charge in [0.15, 0.2) is 5.03 Å². The molecule has 4 aromatic rings. The van der Waals surface area contributed by atoms with Crippen LogP contribution in [0.1, 0.15) is 37.5 Å². The molecule has 168 valence electrons. The van der Waals surface area contributed by atoms with E-state index in [0.717, 1.165) is 42.4 Å². The van der Waals surface area contributed by atoms with Crippen LogP contribution in [0.2, 0.25) is 0 Å². The van der Waals surface area contributed by atoms with Crippen LogP contribution < -0.4 is 11.5 Å². The molecule has 0 bridgehead atoms. The Bertz CT molecular complexity index is 1370. The quantitative estimate of drug-likeness (QED) is 0.426. The van der Waals surface area contributed by atoms with Gasteiger partial charge in [-0.25, -0.2) is 18.4 Å². The number of aryl methyl sites for hydroxylation is 1. The second-order valence-corrected chi connectivity index (χ2v) is 10.5. The van der Waals surface area contributed by atoms with E-state index in [2.05, 4.69) is 14.5 Å². The summed E-state index contributed by atoms with van der Waals surface area (Å²) in [6, 6.07) is 10.6. The highest BCUT2D eigenvalue weighted by Crippen LogP contribution is 2.39. The maximum Gasteiger partial charge on any atom is 0.226 e. The van der Waals surface area contributed by atoms with Gasteiger partial charge < -0.3 is 21.0 Å². The summed E-state index contributed by atoms with van der Waals surface area (Å²) in [5, 5.41) is 0.878. The molecule has 0 spiro atoms. The molecule has 32 heavy (non-hydrogen) atoms. The number of imidazole rings is 1. The predicted molar refractivity (Wildman–Crippen MR) is 124 cm³/mol. The lowest BCUT2D eigenvalue weighted by Gasteiger charge is -2.33. The number of nitrogens with zero attached hydrogens (tertiary/aromatic N) is 3. The van der Waals surface area contributed by atoms with Crippen LogP contribution >= 0.6 is 0 Å². The number of pyridine rings is 1. The highest BCUT2D eigenvalue weighted by molar-refractivity contribution is 7.91. The summed E-state index contributed by atoms with van der Waals surface area (Å²) in [6.45, 7) is 2.44. The smallest absolute Gasteiger partial charge is 0.226 e. The number of aromatic amines is 1. The van der Waals surface area contributed by atoms with Crippen molar-refractivity contribution in [1.82, 2.24) is 19.5 Å². The van der Waals surface area contributed by atoms with Gasteiger partial charge in [0.2, 0.25) is 9.84 Å². The fourth-order valence-electron chi connectivity index (χ4n) is 5.08. The summed E-state index contributed by atoms with van der Waals surface area (Å²) < 4.78 is 29.2. The topological polar surface area (TPSA) is 133 Å². The van der Waals surface area contributed by atoms with Gasteiger partial charge in [-0.2, -0.15) is 0 Å². The van der Waals surface area contributed by atoms with Crippen molar-refractivity contribution in [3.05, 3.63) is 48.4 Å². The first kappa shape index (κ1) is 21.1. The van der Waals surface area contributed by atoms with Crippen LogP contribution in [0, 0.1) is 12.8 Å². The van der Waals surface area contributed by atoms with Crippen LogP contribution in [0.3, 0.4) is 0 Å². The predicted octanol–water partition coefficient (Wildman–Crippen LogP) is 3.07. The molecule has 1 aromatic carbocycles. The van der Waals surface area contributed by atoms with Gasteiger partial charge in [0.05, 0.1) is 10.4 Å². The van der Waals surface area contributed by atoms with E-state index < -0.39 is 9.84 Å². The first-order valence-corrected chi connectivity index (χ1v) is 12.5. The summed E-state index contributed by atoms with van der Waals surface area (Å²) in [5.41, 5.74) is 13.8. The van der Waals surface area contributed by atoms with Gasteiger partial charge in [-0.15, -0.1) is 0 Å². The Morgan fingerprint density at radius 3 is 2.53 bits per heavy atom. The molecule has 1 unspecified atom stereocenters. The lowest BCUT2D eigenvalue weighted by molar-refractivity contribution is 0.247. The maximum atomic E-state index is 13.5. The highest BCUT2D eigenvalue weighted by atomic mass is 32.2. The van der Waals surface area contributed by atoms with Gasteiger partial charge in [-0.1, -0.05) is 18.2 Å². The number of sulfone groups is 1. The van der Waals surface area contributed by atoms with Gasteiger partial charge in [0.1, 0.15) is 17.0 Å². The van der Waals surface area contributed by atoms with Crippen LogP contribution in [0.15, 0.2) is 52.5 Å². The van der Waals surface area contributed by atoms with Crippen molar-refractivity contribution in [2.75, 3.05) is 6.54 Å². The summed E-state index contributed by atoms with van der Waals surface area (Å²) in [6.07, 6.45) is 5.70. The minimum atomic E-state index is -3.83. The van der Waals surface area contributed by atoms with Crippen molar-refractivity contribution in [2.24, 2.45) is 17.4 Å². The zero-order chi connectivity index (χ0) is 22.5. The number of H-pyrrole nitrogens is 1. The third kappa shape index (κ3) is 3.32. The molecule has 0 amide bonds. The van der Waals surface area contributed by atoms with E-state index in [1.165, 1.54) is 0 Å². The number of fused-ring (bicyclic) bond motifs is 3. The molecule has 0 aliphatic heterocycles. The fourth-order valence-corrected chi connectivity index (χ4v) is 6.42. The molecule has 9 heteroatoms. The number of aromatic nitrogens is 4. The van der Waals surface area contributed by atoms with Crippen molar-refractivity contribution in [3.8, 4) is 0 Å². The van der Waals surface area contributed by atoms with Crippen molar-refractivity contribution in [2.45, 2.75) is 54.6 Å². The average molecular weight is 453 g/mol. The van der Waals surface area contributed by atoms with Crippen LogP contribution in [-0.4, -0.2) is 40.5 Å². The van der Waals surface area contributed by atoms with E-state index >= 15 is 0 Å². The first-order chi connectivity index (χ1) is 15.4. The van der Waals surface area contributed by atoms with Crippen LogP contribution in [0.25, 0.3) is 22.1 Å². The molecular formula is C23H28N6O2S. The number of rotatable bonds is 5. The van der Waals surface area contributed by atoms with Crippen molar-refractivity contribution in [3.63, 3.8) is 0 Å². The number of hydrogen-bond donors (Lipinski definition) is 3. The van der Waals surface area contributed by atoms with E-state index in [9.17, 15) is 8.42 Å². The molecule has 1 fully saturated rings. The molecule has 0 saturated heterocycles. The lowest BCUT2D eigenvalue weighted by atomic mass is 9.81. The summed E-state index contributed by atoms with van der Waals surface area (Å²) in [5.74, 6) is 1.22. The molecule has 5 N–H and O–H groups in total. The lowest BCUT2D eigenvalue weighted by Crippen LogP contribution is -2.39. The minimum Gasteiger partial charge on any atom is -0.346 e. The largest absolute Gasteiger partial charge is 0.346 e. The number of nitrogens with two attached hydrogens (primary N) is 2. The Hall–Kier alpha value is -2.75. The highest BCUT2D eigenvalue weighted by Gasteiger charge is 2.31. The molecule has 3 heterocycles. The Labute approximate surface area is 187 Å². The Kier molecular flexibility index (Phi) is 5.27. The monoisotopic (exact) mass is 452 g/mol. The molecule has 1 aliphatic rings. The zero-order valence-electron chi connectivity index (χ0n) is 18.0. The second-order valence-electron chi connectivity index (χ2n) is 8.67. The van der Waals surface area contributed by atoms with E-state index in [0.29, 0.717) is 23.6 Å². The van der Waals surface area contributed by atoms with Gasteiger partial charge in [-0.3, -0.25) is 0 Å². The molecule has 1 aliphatic carbocycles. The molecule has 1 saturated carbocycles. The molecular weight excluding hydrogens is 424 g/mol. The van der Waals surface area contributed by atoms with E-state index in [1.54, 1.807) is 36.5 Å². The molecule has 3 aromatic heterocycles. The van der Waals surface area contributed by atoms with E-state index in [-0.39, 0.29) is 22.0 Å². The van der Waals surface area contributed by atoms with Gasteiger partial charge in [-0.05, 0) is 56.7 Å².